The van der Waals surface area contributed by atoms with Crippen molar-refractivity contribution in [3.05, 3.63) is 12.2 Å². The Hall–Kier alpha value is 0.660. The van der Waals surface area contributed by atoms with Gasteiger partial charge >= 0.3 is 0 Å². The predicted octanol–water partition coefficient (Wildman–Crippen LogP) is 2.43. The fourth-order valence-electron chi connectivity index (χ4n) is 1.99. The molecule has 3 atom stereocenters. The Balaban J connectivity index is 2.20. The van der Waals surface area contributed by atoms with E-state index in [2.05, 4.69) is 44.0 Å². The van der Waals surface area contributed by atoms with Gasteiger partial charge in [-0.1, -0.05) is 44.0 Å². The zero-order valence-electron chi connectivity index (χ0n) is 6.00. The summed E-state index contributed by atoms with van der Waals surface area (Å²) in [5.74, 6) is 0.949. The van der Waals surface area contributed by atoms with Crippen LogP contribution in [0.15, 0.2) is 12.2 Å². The molecule has 0 spiro atoms. The standard InChI is InChI=1S/C8H10Br2O/c9-8(10)6-4-2-1-3-5(6)7(8)11/h2,4-7,11H,1,3H2/t5-,6+,7-/m1/s1. The Morgan fingerprint density at radius 3 is 2.82 bits per heavy atom. The lowest BCUT2D eigenvalue weighted by Gasteiger charge is -2.53. The minimum absolute atomic E-state index is 0.225. The highest BCUT2D eigenvalue weighted by atomic mass is 79.9. The summed E-state index contributed by atoms with van der Waals surface area (Å²) in [6.45, 7) is 0. The smallest absolute Gasteiger partial charge is 0.113 e. The minimum atomic E-state index is -0.235. The first-order chi connectivity index (χ1) is 5.14. The van der Waals surface area contributed by atoms with Crippen LogP contribution in [0.25, 0.3) is 0 Å². The van der Waals surface area contributed by atoms with E-state index in [-0.39, 0.29) is 9.34 Å². The molecular weight excluding hydrogens is 272 g/mol. The van der Waals surface area contributed by atoms with Crippen molar-refractivity contribution in [2.75, 3.05) is 0 Å². The van der Waals surface area contributed by atoms with Gasteiger partial charge in [0.25, 0.3) is 0 Å². The van der Waals surface area contributed by atoms with Crippen LogP contribution in [-0.4, -0.2) is 14.4 Å². The second-order valence-corrected chi connectivity index (χ2v) is 7.00. The average molecular weight is 282 g/mol. The molecule has 2 rings (SSSR count). The van der Waals surface area contributed by atoms with E-state index < -0.39 is 0 Å². The van der Waals surface area contributed by atoms with Crippen molar-refractivity contribution in [3.8, 4) is 0 Å². The molecule has 11 heavy (non-hydrogen) atoms. The normalized spacial score (nSPS) is 46.3. The van der Waals surface area contributed by atoms with Gasteiger partial charge in [0.05, 0.1) is 6.10 Å². The maximum absolute atomic E-state index is 9.64. The third kappa shape index (κ3) is 1.04. The van der Waals surface area contributed by atoms with E-state index in [0.717, 1.165) is 12.8 Å². The highest BCUT2D eigenvalue weighted by Gasteiger charge is 2.57. The molecule has 0 unspecified atom stereocenters. The molecule has 1 N–H and O–H groups in total. The van der Waals surface area contributed by atoms with Crippen LogP contribution in [0.5, 0.6) is 0 Å². The Morgan fingerprint density at radius 2 is 2.18 bits per heavy atom. The predicted molar refractivity (Wildman–Crippen MR) is 51.9 cm³/mol. The van der Waals surface area contributed by atoms with E-state index in [4.69, 9.17) is 0 Å². The minimum Gasteiger partial charge on any atom is -0.390 e. The molecule has 0 heterocycles. The first-order valence-corrected chi connectivity index (χ1v) is 5.45. The van der Waals surface area contributed by atoms with Gasteiger partial charge < -0.3 is 5.11 Å². The van der Waals surface area contributed by atoms with E-state index in [1.165, 1.54) is 0 Å². The molecule has 0 aromatic heterocycles. The van der Waals surface area contributed by atoms with Crippen LogP contribution in [-0.2, 0) is 0 Å². The van der Waals surface area contributed by atoms with Gasteiger partial charge in [-0.05, 0) is 18.8 Å². The van der Waals surface area contributed by atoms with E-state index in [9.17, 15) is 5.11 Å². The van der Waals surface area contributed by atoms with Crippen molar-refractivity contribution in [2.24, 2.45) is 11.8 Å². The highest BCUT2D eigenvalue weighted by molar-refractivity contribution is 9.25. The molecule has 2 aliphatic carbocycles. The summed E-state index contributed by atoms with van der Waals surface area (Å²) >= 11 is 6.97. The molecular formula is C8H10Br2O. The maximum atomic E-state index is 9.64. The molecule has 0 saturated heterocycles. The lowest BCUT2D eigenvalue weighted by Crippen LogP contribution is -2.58. The number of hydrogen-bond acceptors (Lipinski definition) is 1. The van der Waals surface area contributed by atoms with Gasteiger partial charge in [0, 0.05) is 5.92 Å². The molecule has 0 aromatic carbocycles. The van der Waals surface area contributed by atoms with E-state index in [1.807, 2.05) is 0 Å². The zero-order valence-corrected chi connectivity index (χ0v) is 9.18. The lowest BCUT2D eigenvalue weighted by molar-refractivity contribution is -0.0197. The van der Waals surface area contributed by atoms with Crippen molar-refractivity contribution < 1.29 is 5.11 Å². The number of hydrogen-bond donors (Lipinski definition) is 1. The third-order valence-corrected chi connectivity index (χ3v) is 4.71. The molecule has 1 nitrogen and oxygen atoms in total. The molecule has 0 aliphatic heterocycles. The molecule has 1 fully saturated rings. The van der Waals surface area contributed by atoms with Crippen LogP contribution >= 0.6 is 31.9 Å². The fraction of sp³-hybridized carbons (Fsp3) is 0.750. The SMILES string of the molecule is O[C@@H]1[C@@H]2CCC=C[C@@H]2C1(Br)Br. The number of aliphatic hydroxyl groups is 1. The Morgan fingerprint density at radius 1 is 1.45 bits per heavy atom. The lowest BCUT2D eigenvalue weighted by atomic mass is 9.66. The monoisotopic (exact) mass is 280 g/mol. The second-order valence-electron chi connectivity index (χ2n) is 3.31. The quantitative estimate of drug-likeness (QED) is 0.534. The van der Waals surface area contributed by atoms with E-state index >= 15 is 0 Å². The number of aliphatic hydroxyl groups excluding tert-OH is 1. The summed E-state index contributed by atoms with van der Waals surface area (Å²) in [4.78, 5) is 0. The summed E-state index contributed by atoms with van der Waals surface area (Å²) in [6.07, 6.45) is 6.42. The Labute approximate surface area is 83.1 Å². The van der Waals surface area contributed by atoms with Crippen LogP contribution in [0.1, 0.15) is 12.8 Å². The summed E-state index contributed by atoms with van der Waals surface area (Å²) in [5.41, 5.74) is 0. The number of fused-ring (bicyclic) bond motifs is 1. The highest BCUT2D eigenvalue weighted by Crippen LogP contribution is 2.57. The number of rotatable bonds is 0. The average Bonchev–Trinajstić information content (AvgIpc) is 2.04. The number of halogens is 2. The zero-order chi connectivity index (χ0) is 8.06. The van der Waals surface area contributed by atoms with Crippen molar-refractivity contribution in [1.29, 1.82) is 0 Å². The third-order valence-electron chi connectivity index (χ3n) is 2.72. The van der Waals surface area contributed by atoms with Gasteiger partial charge in [-0.3, -0.25) is 0 Å². The largest absolute Gasteiger partial charge is 0.390 e. The van der Waals surface area contributed by atoms with Gasteiger partial charge in [-0.15, -0.1) is 0 Å². The van der Waals surface area contributed by atoms with Gasteiger partial charge in [0.2, 0.25) is 0 Å². The van der Waals surface area contributed by atoms with Gasteiger partial charge in [0.1, 0.15) is 3.23 Å². The summed E-state index contributed by atoms with van der Waals surface area (Å²) in [5, 5.41) is 9.64. The van der Waals surface area contributed by atoms with E-state index in [1.54, 1.807) is 0 Å². The first-order valence-electron chi connectivity index (χ1n) is 3.86. The second kappa shape index (κ2) is 2.57. The first kappa shape index (κ1) is 8.27. The van der Waals surface area contributed by atoms with Crippen LogP contribution in [0.3, 0.4) is 0 Å². The van der Waals surface area contributed by atoms with Crippen LogP contribution in [0.2, 0.25) is 0 Å². The molecule has 0 aromatic rings. The van der Waals surface area contributed by atoms with Crippen molar-refractivity contribution in [1.82, 2.24) is 0 Å². The topological polar surface area (TPSA) is 20.2 Å². The van der Waals surface area contributed by atoms with E-state index in [0.29, 0.717) is 11.8 Å². The van der Waals surface area contributed by atoms with Gasteiger partial charge in [-0.2, -0.15) is 0 Å². The fourth-order valence-corrected chi connectivity index (χ4v) is 3.65. The molecule has 2 aliphatic rings. The van der Waals surface area contributed by atoms with Crippen LogP contribution in [0, 0.1) is 11.8 Å². The molecule has 62 valence electrons. The molecule has 3 heteroatoms. The van der Waals surface area contributed by atoms with Crippen LogP contribution < -0.4 is 0 Å². The summed E-state index contributed by atoms with van der Waals surface area (Å²) < 4.78 is -0.235. The Bertz CT molecular complexity index is 200. The van der Waals surface area contributed by atoms with Gasteiger partial charge in [-0.25, -0.2) is 0 Å². The number of alkyl halides is 2. The Kier molecular flexibility index (Phi) is 1.93. The summed E-state index contributed by atoms with van der Waals surface area (Å²) in [7, 11) is 0. The van der Waals surface area contributed by atoms with Gasteiger partial charge in [0.15, 0.2) is 0 Å². The molecule has 0 bridgehead atoms. The van der Waals surface area contributed by atoms with Crippen LogP contribution in [0.4, 0.5) is 0 Å². The molecule has 1 saturated carbocycles. The molecule has 0 radical (unpaired) electrons. The summed E-state index contributed by atoms with van der Waals surface area (Å²) in [6, 6.07) is 0. The van der Waals surface area contributed by atoms with Crippen molar-refractivity contribution in [3.63, 3.8) is 0 Å². The van der Waals surface area contributed by atoms with Crippen molar-refractivity contribution in [2.45, 2.75) is 22.2 Å². The molecule has 0 amide bonds. The van der Waals surface area contributed by atoms with Crippen molar-refractivity contribution >= 4 is 31.9 Å². The maximum Gasteiger partial charge on any atom is 0.113 e. The number of allylic oxidation sites excluding steroid dienone is 2.